The van der Waals surface area contributed by atoms with Crippen LogP contribution in [-0.4, -0.2) is 24.6 Å². The number of nitrogens with zero attached hydrogens (tertiary/aromatic N) is 1. The van der Waals surface area contributed by atoms with Crippen molar-refractivity contribution in [2.24, 2.45) is 11.8 Å². The Bertz CT molecular complexity index is 435. The zero-order chi connectivity index (χ0) is 14.0. The van der Waals surface area contributed by atoms with Gasteiger partial charge in [0, 0.05) is 19.1 Å². The molecule has 0 N–H and O–H groups in total. The highest BCUT2D eigenvalue weighted by atomic mass is 79.9. The van der Waals surface area contributed by atoms with Gasteiger partial charge in [-0.2, -0.15) is 0 Å². The number of halogens is 1. The van der Waals surface area contributed by atoms with Crippen LogP contribution in [0.4, 0.5) is 0 Å². The predicted molar refractivity (Wildman–Crippen MR) is 83.5 cm³/mol. The third-order valence-corrected chi connectivity index (χ3v) is 4.94. The van der Waals surface area contributed by atoms with E-state index in [-0.39, 0.29) is 0 Å². The Balaban J connectivity index is 2.09. The molecule has 19 heavy (non-hydrogen) atoms. The molecule has 1 heterocycles. The molecule has 3 heteroatoms. The van der Waals surface area contributed by atoms with E-state index in [1.807, 2.05) is 6.07 Å². The Morgan fingerprint density at radius 3 is 2.68 bits per heavy atom. The summed E-state index contributed by atoms with van der Waals surface area (Å²) >= 11 is 3.57. The average Bonchev–Trinajstić information content (AvgIpc) is 2.35. The maximum atomic E-state index is 5.28. The molecular weight excluding hydrogens is 302 g/mol. The third-order valence-electron chi connectivity index (χ3n) is 4.32. The summed E-state index contributed by atoms with van der Waals surface area (Å²) in [4.78, 5) is 2.60. The summed E-state index contributed by atoms with van der Waals surface area (Å²) < 4.78 is 6.32. The molecule has 0 bridgehead atoms. The van der Waals surface area contributed by atoms with Gasteiger partial charge in [0.25, 0.3) is 0 Å². The first-order chi connectivity index (χ1) is 9.01. The van der Waals surface area contributed by atoms with Crippen molar-refractivity contribution in [1.29, 1.82) is 0 Å². The third kappa shape index (κ3) is 3.51. The van der Waals surface area contributed by atoms with Gasteiger partial charge in [0.15, 0.2) is 0 Å². The van der Waals surface area contributed by atoms with Crippen molar-refractivity contribution in [3.63, 3.8) is 0 Å². The van der Waals surface area contributed by atoms with Gasteiger partial charge >= 0.3 is 0 Å². The lowest BCUT2D eigenvalue weighted by molar-refractivity contribution is 0.0729. The molecule has 1 fully saturated rings. The predicted octanol–water partition coefficient (Wildman–Crippen LogP) is 4.32. The van der Waals surface area contributed by atoms with Gasteiger partial charge in [-0.1, -0.05) is 19.9 Å². The summed E-state index contributed by atoms with van der Waals surface area (Å²) in [7, 11) is 1.70. The first-order valence-electron chi connectivity index (χ1n) is 7.07. The minimum atomic E-state index is 0.664. The lowest BCUT2D eigenvalue weighted by atomic mass is 9.86. The fraction of sp³-hybridized carbons (Fsp3) is 0.625. The van der Waals surface area contributed by atoms with E-state index in [0.717, 1.165) is 28.6 Å². The maximum absolute atomic E-state index is 5.28. The normalized spacial score (nSPS) is 28.4. The van der Waals surface area contributed by atoms with Gasteiger partial charge in [0.05, 0.1) is 11.6 Å². The van der Waals surface area contributed by atoms with Crippen molar-refractivity contribution < 1.29 is 4.74 Å². The largest absolute Gasteiger partial charge is 0.496 e. The van der Waals surface area contributed by atoms with Crippen LogP contribution in [0.5, 0.6) is 5.75 Å². The second-order valence-electron chi connectivity index (χ2n) is 5.96. The monoisotopic (exact) mass is 325 g/mol. The highest BCUT2D eigenvalue weighted by molar-refractivity contribution is 9.10. The van der Waals surface area contributed by atoms with Crippen LogP contribution in [0.25, 0.3) is 0 Å². The molecule has 0 aliphatic carbocycles. The van der Waals surface area contributed by atoms with Gasteiger partial charge < -0.3 is 4.74 Å². The Kier molecular flexibility index (Phi) is 4.91. The highest BCUT2D eigenvalue weighted by Crippen LogP contribution is 2.30. The molecule has 2 rings (SSSR count). The number of hydrogen-bond acceptors (Lipinski definition) is 2. The minimum Gasteiger partial charge on any atom is -0.496 e. The number of hydrogen-bond donors (Lipinski definition) is 0. The Labute approximate surface area is 125 Å². The van der Waals surface area contributed by atoms with Gasteiger partial charge in [0.2, 0.25) is 0 Å². The summed E-state index contributed by atoms with van der Waals surface area (Å²) in [5.41, 5.74) is 1.35. The van der Waals surface area contributed by atoms with Crippen molar-refractivity contribution in [3.05, 3.63) is 28.2 Å². The molecular formula is C16H24BrNO. The zero-order valence-corrected chi connectivity index (χ0v) is 13.9. The van der Waals surface area contributed by atoms with Crippen molar-refractivity contribution in [2.75, 3.05) is 13.7 Å². The van der Waals surface area contributed by atoms with Crippen LogP contribution in [0.2, 0.25) is 0 Å². The fourth-order valence-corrected chi connectivity index (χ4v) is 3.67. The fourth-order valence-electron chi connectivity index (χ4n) is 3.08. The van der Waals surface area contributed by atoms with E-state index in [1.54, 1.807) is 7.11 Å². The van der Waals surface area contributed by atoms with Gasteiger partial charge in [-0.15, -0.1) is 0 Å². The quantitative estimate of drug-likeness (QED) is 0.820. The molecule has 0 amide bonds. The van der Waals surface area contributed by atoms with E-state index in [9.17, 15) is 0 Å². The van der Waals surface area contributed by atoms with E-state index in [4.69, 9.17) is 4.74 Å². The first kappa shape index (κ1) is 14.9. The second kappa shape index (κ2) is 6.27. The summed E-state index contributed by atoms with van der Waals surface area (Å²) in [6.07, 6.45) is 1.35. The molecule has 1 aromatic carbocycles. The molecule has 1 aromatic rings. The average molecular weight is 326 g/mol. The van der Waals surface area contributed by atoms with E-state index in [0.29, 0.717) is 6.04 Å². The minimum absolute atomic E-state index is 0.664. The number of rotatable bonds is 3. The molecule has 106 valence electrons. The molecule has 3 atom stereocenters. The molecule has 0 radical (unpaired) electrons. The summed E-state index contributed by atoms with van der Waals surface area (Å²) in [6.45, 7) is 9.32. The van der Waals surface area contributed by atoms with Gasteiger partial charge in [-0.25, -0.2) is 0 Å². The Morgan fingerprint density at radius 2 is 2.05 bits per heavy atom. The van der Waals surface area contributed by atoms with Gasteiger partial charge in [0.1, 0.15) is 5.75 Å². The number of ether oxygens (including phenoxy) is 1. The summed E-state index contributed by atoms with van der Waals surface area (Å²) in [5, 5.41) is 0. The first-order valence-corrected chi connectivity index (χ1v) is 7.87. The van der Waals surface area contributed by atoms with Crippen LogP contribution in [0.1, 0.15) is 32.8 Å². The number of piperidine rings is 1. The molecule has 1 saturated heterocycles. The second-order valence-corrected chi connectivity index (χ2v) is 6.81. The van der Waals surface area contributed by atoms with Crippen molar-refractivity contribution in [1.82, 2.24) is 4.90 Å². The Morgan fingerprint density at radius 1 is 1.32 bits per heavy atom. The number of methoxy groups -OCH3 is 1. The zero-order valence-electron chi connectivity index (χ0n) is 12.3. The van der Waals surface area contributed by atoms with E-state index in [2.05, 4.69) is 53.7 Å². The van der Waals surface area contributed by atoms with Crippen LogP contribution in [0.15, 0.2) is 22.7 Å². The molecule has 1 aliphatic heterocycles. The van der Waals surface area contributed by atoms with Crippen LogP contribution in [0.3, 0.4) is 0 Å². The molecule has 0 saturated carbocycles. The molecule has 2 nitrogen and oxygen atoms in total. The highest BCUT2D eigenvalue weighted by Gasteiger charge is 2.28. The number of benzene rings is 1. The summed E-state index contributed by atoms with van der Waals surface area (Å²) in [5.74, 6) is 2.48. The van der Waals surface area contributed by atoms with Crippen LogP contribution in [-0.2, 0) is 6.54 Å². The van der Waals surface area contributed by atoms with Crippen molar-refractivity contribution in [3.8, 4) is 5.75 Å². The lowest BCUT2D eigenvalue weighted by Crippen LogP contribution is -2.45. The lowest BCUT2D eigenvalue weighted by Gasteiger charge is -2.41. The van der Waals surface area contributed by atoms with E-state index < -0.39 is 0 Å². The standard InChI is InChI=1S/C16H24BrNO/c1-11-7-12(2)13(3)18(9-11)10-14-5-6-16(19-4)15(17)8-14/h5-6,8,11-13H,7,9-10H2,1-4H3. The van der Waals surface area contributed by atoms with Crippen LogP contribution >= 0.6 is 15.9 Å². The smallest absolute Gasteiger partial charge is 0.133 e. The summed E-state index contributed by atoms with van der Waals surface area (Å²) in [6, 6.07) is 7.05. The molecule has 0 aromatic heterocycles. The van der Waals surface area contributed by atoms with Crippen molar-refractivity contribution in [2.45, 2.75) is 39.8 Å². The maximum Gasteiger partial charge on any atom is 0.133 e. The SMILES string of the molecule is COc1ccc(CN2CC(C)CC(C)C2C)cc1Br. The molecule has 3 unspecified atom stereocenters. The van der Waals surface area contributed by atoms with Gasteiger partial charge in [-0.3, -0.25) is 4.90 Å². The van der Waals surface area contributed by atoms with Crippen molar-refractivity contribution >= 4 is 15.9 Å². The number of likely N-dealkylation sites (tertiary alicyclic amines) is 1. The van der Waals surface area contributed by atoms with E-state index >= 15 is 0 Å². The van der Waals surface area contributed by atoms with E-state index in [1.165, 1.54) is 18.5 Å². The van der Waals surface area contributed by atoms with Crippen LogP contribution < -0.4 is 4.74 Å². The topological polar surface area (TPSA) is 12.5 Å². The Hall–Kier alpha value is -0.540. The van der Waals surface area contributed by atoms with Crippen LogP contribution in [0, 0.1) is 11.8 Å². The molecule has 0 spiro atoms. The van der Waals surface area contributed by atoms with Gasteiger partial charge in [-0.05, 0) is 58.8 Å². The molecule has 1 aliphatic rings.